The third-order valence-electron chi connectivity index (χ3n) is 3.02. The van der Waals surface area contributed by atoms with Crippen molar-refractivity contribution in [3.8, 4) is 0 Å². The molecule has 2 rings (SSSR count). The van der Waals surface area contributed by atoms with Gasteiger partial charge in [0.25, 0.3) is 11.2 Å². The van der Waals surface area contributed by atoms with E-state index in [4.69, 9.17) is 22.1 Å². The lowest BCUT2D eigenvalue weighted by Gasteiger charge is -2.29. The maximum Gasteiger partial charge on any atom is 0.427 e. The molecule has 0 aliphatic carbocycles. The molecule has 0 saturated carbocycles. The molecule has 0 bridgehead atoms. The number of aromatic amines is 1. The van der Waals surface area contributed by atoms with Crippen molar-refractivity contribution in [3.63, 3.8) is 0 Å². The molecule has 1 aliphatic heterocycles. The maximum atomic E-state index is 14.4. The van der Waals surface area contributed by atoms with Crippen LogP contribution >= 0.6 is 12.2 Å². The number of alkyl halides is 4. The van der Waals surface area contributed by atoms with Gasteiger partial charge in [-0.1, -0.05) is 0 Å². The molecule has 112 valence electrons. The molecule has 0 radical (unpaired) electrons. The van der Waals surface area contributed by atoms with Crippen LogP contribution in [0.4, 0.5) is 17.6 Å². The van der Waals surface area contributed by atoms with E-state index < -0.39 is 47.5 Å². The highest BCUT2D eigenvalue weighted by atomic mass is 32.1. The lowest BCUT2D eigenvalue weighted by molar-refractivity contribution is -0.256. The van der Waals surface area contributed by atoms with Crippen molar-refractivity contribution in [2.75, 3.05) is 6.61 Å². The minimum absolute atomic E-state index is 0.396. The summed E-state index contributed by atoms with van der Waals surface area (Å²) in [5.74, 6) is 0. The van der Waals surface area contributed by atoms with E-state index in [0.717, 1.165) is 12.3 Å². The van der Waals surface area contributed by atoms with Crippen molar-refractivity contribution >= 4 is 12.2 Å². The highest BCUT2D eigenvalue weighted by molar-refractivity contribution is 7.71. The minimum atomic E-state index is -5.20. The van der Waals surface area contributed by atoms with Crippen LogP contribution in [0.1, 0.15) is 12.6 Å². The van der Waals surface area contributed by atoms with Crippen LogP contribution in [0.3, 0.4) is 0 Å². The highest BCUT2D eigenvalue weighted by Gasteiger charge is 2.67. The van der Waals surface area contributed by atoms with E-state index in [1.54, 1.807) is 0 Å². The van der Waals surface area contributed by atoms with Crippen molar-refractivity contribution in [1.29, 1.82) is 0 Å². The number of aromatic nitrogens is 2. The number of H-pyrrole nitrogens is 1. The van der Waals surface area contributed by atoms with Gasteiger partial charge in [-0.3, -0.25) is 14.3 Å². The van der Waals surface area contributed by atoms with Gasteiger partial charge in [-0.05, 0) is 12.2 Å². The van der Waals surface area contributed by atoms with Crippen LogP contribution in [0, 0.1) is 4.77 Å². The normalized spacial score (nSPS) is 30.6. The number of ether oxygens (including phenoxy) is 1. The Balaban J connectivity index is 2.52. The first-order valence-electron chi connectivity index (χ1n) is 5.52. The largest absolute Gasteiger partial charge is 0.427 e. The van der Waals surface area contributed by atoms with Crippen LogP contribution in [-0.4, -0.2) is 39.2 Å². The zero-order chi connectivity index (χ0) is 15.1. The zero-order valence-electron chi connectivity index (χ0n) is 9.85. The van der Waals surface area contributed by atoms with Gasteiger partial charge in [0.15, 0.2) is 11.0 Å². The van der Waals surface area contributed by atoms with E-state index >= 15 is 0 Å². The molecule has 0 spiro atoms. The summed E-state index contributed by atoms with van der Waals surface area (Å²) in [7, 11) is 0. The Morgan fingerprint density at radius 1 is 1.60 bits per heavy atom. The standard InChI is InChI=1S/C10H10F4N2O3S/c11-9(10(12,13)14)3-5(4-17)19-7(9)16-2-1-6(18)15-8(16)20/h1-2,5,7,17H,3-4H2,(H,15,18,20)/t5-,7+,9+/m0/s1. The Kier molecular flexibility index (Phi) is 3.73. The first-order valence-corrected chi connectivity index (χ1v) is 5.93. The first kappa shape index (κ1) is 15.1. The molecule has 0 amide bonds. The molecule has 1 aromatic heterocycles. The van der Waals surface area contributed by atoms with Crippen molar-refractivity contribution in [2.45, 2.75) is 30.6 Å². The van der Waals surface area contributed by atoms with Crippen molar-refractivity contribution in [2.24, 2.45) is 0 Å². The van der Waals surface area contributed by atoms with Crippen LogP contribution < -0.4 is 5.56 Å². The molecular formula is C10H10F4N2O3S. The fourth-order valence-electron chi connectivity index (χ4n) is 2.03. The second-order valence-electron chi connectivity index (χ2n) is 4.37. The summed E-state index contributed by atoms with van der Waals surface area (Å²) in [6.07, 6.45) is -8.72. The fourth-order valence-corrected chi connectivity index (χ4v) is 2.29. The fraction of sp³-hybridized carbons (Fsp3) is 0.600. The first-order chi connectivity index (χ1) is 9.19. The molecule has 0 unspecified atom stereocenters. The second kappa shape index (κ2) is 4.93. The molecule has 1 aliphatic rings. The third-order valence-corrected chi connectivity index (χ3v) is 3.33. The molecule has 1 aromatic rings. The second-order valence-corrected chi connectivity index (χ2v) is 4.76. The predicted octanol–water partition coefficient (Wildman–Crippen LogP) is 1.46. The monoisotopic (exact) mass is 314 g/mol. The Hall–Kier alpha value is -1.26. The van der Waals surface area contributed by atoms with E-state index in [1.807, 2.05) is 0 Å². The maximum absolute atomic E-state index is 14.4. The summed E-state index contributed by atoms with van der Waals surface area (Å²) in [5.41, 5.74) is -4.32. The average Bonchev–Trinajstić information content (AvgIpc) is 2.67. The molecule has 2 heterocycles. The molecule has 10 heteroatoms. The molecule has 0 aromatic carbocycles. The molecule has 2 N–H and O–H groups in total. The van der Waals surface area contributed by atoms with E-state index in [-0.39, 0.29) is 0 Å². The number of aliphatic hydroxyl groups excluding tert-OH is 1. The Morgan fingerprint density at radius 2 is 2.25 bits per heavy atom. The van der Waals surface area contributed by atoms with E-state index in [2.05, 4.69) is 4.98 Å². The summed E-state index contributed by atoms with van der Waals surface area (Å²) < 4.78 is 58.4. The molecule has 20 heavy (non-hydrogen) atoms. The van der Waals surface area contributed by atoms with Crippen molar-refractivity contribution in [1.82, 2.24) is 9.55 Å². The SMILES string of the molecule is O=c1ccn([C@@H]2O[C@H](CO)C[C@]2(F)C(F)(F)F)c(=S)[nH]1. The van der Waals surface area contributed by atoms with Gasteiger partial charge in [0, 0.05) is 18.7 Å². The van der Waals surface area contributed by atoms with Crippen LogP contribution in [0.15, 0.2) is 17.1 Å². The lowest BCUT2D eigenvalue weighted by Crippen LogP contribution is -2.45. The number of hydrogen-bond acceptors (Lipinski definition) is 4. The Labute approximate surface area is 114 Å². The number of aliphatic hydroxyl groups is 1. The molecule has 1 fully saturated rings. The van der Waals surface area contributed by atoms with Gasteiger partial charge >= 0.3 is 6.18 Å². The smallest absolute Gasteiger partial charge is 0.394 e. The van der Waals surface area contributed by atoms with Gasteiger partial charge in [0.05, 0.1) is 12.7 Å². The topological polar surface area (TPSA) is 67.2 Å². The van der Waals surface area contributed by atoms with Crippen LogP contribution in [0.2, 0.25) is 0 Å². The minimum Gasteiger partial charge on any atom is -0.394 e. The Bertz CT molecular complexity index is 614. The molecule has 1 saturated heterocycles. The van der Waals surface area contributed by atoms with Gasteiger partial charge in [0.2, 0.25) is 0 Å². The third kappa shape index (κ3) is 2.38. The van der Waals surface area contributed by atoms with Gasteiger partial charge in [-0.15, -0.1) is 0 Å². The lowest BCUT2D eigenvalue weighted by atomic mass is 9.99. The van der Waals surface area contributed by atoms with Gasteiger partial charge in [-0.25, -0.2) is 4.39 Å². The van der Waals surface area contributed by atoms with Crippen molar-refractivity contribution in [3.05, 3.63) is 27.4 Å². The Morgan fingerprint density at radius 3 is 2.75 bits per heavy atom. The van der Waals surface area contributed by atoms with E-state index in [9.17, 15) is 22.4 Å². The van der Waals surface area contributed by atoms with Gasteiger partial charge in [0.1, 0.15) is 0 Å². The summed E-state index contributed by atoms with van der Waals surface area (Å²) in [6, 6.07) is 0.905. The summed E-state index contributed by atoms with van der Waals surface area (Å²) in [6.45, 7) is -0.755. The number of nitrogens with zero attached hydrogens (tertiary/aromatic N) is 1. The van der Waals surface area contributed by atoms with Gasteiger partial charge < -0.3 is 9.84 Å². The highest BCUT2D eigenvalue weighted by Crippen LogP contribution is 2.51. The number of halogens is 4. The quantitative estimate of drug-likeness (QED) is 0.640. The average molecular weight is 314 g/mol. The van der Waals surface area contributed by atoms with Crippen LogP contribution in [0.5, 0.6) is 0 Å². The summed E-state index contributed by atoms with van der Waals surface area (Å²) in [4.78, 5) is 13.1. The molecule has 5 nitrogen and oxygen atoms in total. The van der Waals surface area contributed by atoms with Crippen LogP contribution in [0.25, 0.3) is 0 Å². The van der Waals surface area contributed by atoms with E-state index in [1.165, 1.54) is 0 Å². The summed E-state index contributed by atoms with van der Waals surface area (Å²) >= 11 is 4.71. The predicted molar refractivity (Wildman–Crippen MR) is 61.4 cm³/mol. The zero-order valence-corrected chi connectivity index (χ0v) is 10.7. The van der Waals surface area contributed by atoms with E-state index in [0.29, 0.717) is 4.57 Å². The molecular weight excluding hydrogens is 304 g/mol. The van der Waals surface area contributed by atoms with Gasteiger partial charge in [-0.2, -0.15) is 13.2 Å². The summed E-state index contributed by atoms with van der Waals surface area (Å²) in [5, 5.41) is 8.89. The van der Waals surface area contributed by atoms with Crippen LogP contribution in [-0.2, 0) is 4.74 Å². The number of nitrogens with one attached hydrogen (secondary N) is 1. The number of rotatable bonds is 2. The van der Waals surface area contributed by atoms with Crippen molar-refractivity contribution < 1.29 is 27.4 Å². The molecule has 3 atom stereocenters. The number of hydrogen-bond donors (Lipinski definition) is 2.